The van der Waals surface area contributed by atoms with E-state index in [9.17, 15) is 0 Å². The van der Waals surface area contributed by atoms with E-state index in [1.165, 1.54) is 41.3 Å². The van der Waals surface area contributed by atoms with Crippen LogP contribution in [0.4, 0.5) is 0 Å². The molecule has 0 aromatic heterocycles. The molecule has 0 bridgehead atoms. The lowest BCUT2D eigenvalue weighted by Crippen LogP contribution is -2.22. The van der Waals surface area contributed by atoms with E-state index in [4.69, 9.17) is 5.73 Å². The minimum absolute atomic E-state index is 0.182. The normalized spacial score (nSPS) is 22.1. The summed E-state index contributed by atoms with van der Waals surface area (Å²) >= 11 is 3.69. The quantitative estimate of drug-likeness (QED) is 0.893. The van der Waals surface area contributed by atoms with Crippen LogP contribution in [0.5, 0.6) is 0 Å². The second-order valence-electron chi connectivity index (χ2n) is 5.49. The molecule has 0 aliphatic heterocycles. The van der Waals surface area contributed by atoms with Crippen LogP contribution in [0.25, 0.3) is 0 Å². The molecule has 0 amide bonds. The number of benzene rings is 1. The Morgan fingerprint density at radius 2 is 2.06 bits per heavy atom. The summed E-state index contributed by atoms with van der Waals surface area (Å²) < 4.78 is 1.30. The largest absolute Gasteiger partial charge is 0.325 e. The number of aryl methyl sites for hydroxylation is 1. The molecule has 0 saturated heterocycles. The number of hydrogen-bond donors (Lipinski definition) is 1. The monoisotopic (exact) mass is 279 g/mol. The molecule has 2 aliphatic carbocycles. The summed E-state index contributed by atoms with van der Waals surface area (Å²) in [7, 11) is 0. The first-order valence-corrected chi connectivity index (χ1v) is 7.03. The second-order valence-corrected chi connectivity index (χ2v) is 6.35. The van der Waals surface area contributed by atoms with Crippen LogP contribution in [0.15, 0.2) is 22.7 Å². The van der Waals surface area contributed by atoms with E-state index in [-0.39, 0.29) is 5.54 Å². The fraction of sp³-hybridized carbons (Fsp3) is 0.571. The molecule has 0 spiro atoms. The first-order chi connectivity index (χ1) is 7.66. The van der Waals surface area contributed by atoms with Crippen LogP contribution in [-0.4, -0.2) is 5.54 Å². The molecule has 1 aromatic carbocycles. The number of nitrogens with two attached hydrogens (primary N) is 1. The van der Waals surface area contributed by atoms with Gasteiger partial charge in [0.15, 0.2) is 0 Å². The Morgan fingerprint density at radius 1 is 1.31 bits per heavy atom. The molecule has 1 nitrogen and oxygen atoms in total. The summed E-state index contributed by atoms with van der Waals surface area (Å²) in [5.74, 6) is 0.827. The zero-order valence-electron chi connectivity index (χ0n) is 9.51. The van der Waals surface area contributed by atoms with Crippen molar-refractivity contribution in [2.75, 3.05) is 0 Å². The molecule has 3 rings (SSSR count). The van der Waals surface area contributed by atoms with Gasteiger partial charge in [-0.1, -0.05) is 28.1 Å². The molecular weight excluding hydrogens is 262 g/mol. The van der Waals surface area contributed by atoms with E-state index in [1.54, 1.807) is 0 Å². The molecule has 0 atom stereocenters. The van der Waals surface area contributed by atoms with Gasteiger partial charge in [-0.05, 0) is 61.6 Å². The maximum atomic E-state index is 6.11. The summed E-state index contributed by atoms with van der Waals surface area (Å²) in [5.41, 5.74) is 9.21. The Kier molecular flexibility index (Phi) is 2.60. The van der Waals surface area contributed by atoms with Crippen molar-refractivity contribution in [2.24, 2.45) is 5.73 Å². The SMILES string of the molecule is NC1(CCc2ccc(C3CC3)c(Br)c2)CC1. The zero-order chi connectivity index (χ0) is 11.2. The molecule has 86 valence electrons. The van der Waals surface area contributed by atoms with Gasteiger partial charge >= 0.3 is 0 Å². The van der Waals surface area contributed by atoms with E-state index in [0.29, 0.717) is 0 Å². The van der Waals surface area contributed by atoms with Gasteiger partial charge in [-0.2, -0.15) is 0 Å². The topological polar surface area (TPSA) is 26.0 Å². The van der Waals surface area contributed by atoms with Crippen molar-refractivity contribution >= 4 is 15.9 Å². The summed E-state index contributed by atoms with van der Waals surface area (Å²) in [5, 5.41) is 0. The van der Waals surface area contributed by atoms with Crippen molar-refractivity contribution in [2.45, 2.75) is 50.0 Å². The van der Waals surface area contributed by atoms with Crippen LogP contribution >= 0.6 is 15.9 Å². The third-order valence-corrected chi connectivity index (χ3v) is 4.57. The summed E-state index contributed by atoms with van der Waals surface area (Å²) in [6.07, 6.45) is 7.43. The van der Waals surface area contributed by atoms with Crippen LogP contribution in [-0.2, 0) is 6.42 Å². The zero-order valence-corrected chi connectivity index (χ0v) is 11.1. The lowest BCUT2D eigenvalue weighted by atomic mass is 10.0. The van der Waals surface area contributed by atoms with Crippen molar-refractivity contribution in [3.63, 3.8) is 0 Å². The highest BCUT2D eigenvalue weighted by atomic mass is 79.9. The van der Waals surface area contributed by atoms with Gasteiger partial charge in [-0.3, -0.25) is 0 Å². The maximum absolute atomic E-state index is 6.11. The highest BCUT2D eigenvalue weighted by Crippen LogP contribution is 2.43. The van der Waals surface area contributed by atoms with Gasteiger partial charge in [0.1, 0.15) is 0 Å². The van der Waals surface area contributed by atoms with Gasteiger partial charge in [0.25, 0.3) is 0 Å². The van der Waals surface area contributed by atoms with E-state index in [1.807, 2.05) is 0 Å². The standard InChI is InChI=1S/C14H18BrN/c15-13-9-10(5-6-14(16)7-8-14)1-4-12(13)11-2-3-11/h1,4,9,11H,2-3,5-8,16H2. The second kappa shape index (κ2) is 3.85. The smallest absolute Gasteiger partial charge is 0.0212 e. The van der Waals surface area contributed by atoms with Crippen molar-refractivity contribution < 1.29 is 0 Å². The van der Waals surface area contributed by atoms with E-state index >= 15 is 0 Å². The molecule has 2 fully saturated rings. The minimum atomic E-state index is 0.182. The lowest BCUT2D eigenvalue weighted by molar-refractivity contribution is 0.609. The van der Waals surface area contributed by atoms with E-state index in [0.717, 1.165) is 18.8 Å². The third kappa shape index (κ3) is 2.33. The first kappa shape index (κ1) is 10.8. The molecule has 0 unspecified atom stereocenters. The van der Waals surface area contributed by atoms with Crippen molar-refractivity contribution in [3.05, 3.63) is 33.8 Å². The van der Waals surface area contributed by atoms with Gasteiger partial charge in [-0.25, -0.2) is 0 Å². The lowest BCUT2D eigenvalue weighted by Gasteiger charge is -2.10. The molecule has 2 heteroatoms. The predicted molar refractivity (Wildman–Crippen MR) is 70.6 cm³/mol. The molecule has 0 radical (unpaired) electrons. The van der Waals surface area contributed by atoms with Crippen LogP contribution in [0, 0.1) is 0 Å². The Balaban J connectivity index is 1.68. The van der Waals surface area contributed by atoms with Gasteiger partial charge in [0.05, 0.1) is 0 Å². The van der Waals surface area contributed by atoms with E-state index < -0.39 is 0 Å². The van der Waals surface area contributed by atoms with Crippen LogP contribution in [0.3, 0.4) is 0 Å². The van der Waals surface area contributed by atoms with Crippen molar-refractivity contribution in [1.82, 2.24) is 0 Å². The molecule has 0 heterocycles. The van der Waals surface area contributed by atoms with Crippen molar-refractivity contribution in [1.29, 1.82) is 0 Å². The maximum Gasteiger partial charge on any atom is 0.0212 e. The van der Waals surface area contributed by atoms with Gasteiger partial charge < -0.3 is 5.73 Å². The van der Waals surface area contributed by atoms with E-state index in [2.05, 4.69) is 34.1 Å². The summed E-state index contributed by atoms with van der Waals surface area (Å²) in [6, 6.07) is 6.87. The average molecular weight is 280 g/mol. The average Bonchev–Trinajstić information content (AvgIpc) is 3.12. The Hall–Kier alpha value is -0.340. The molecule has 2 aliphatic rings. The minimum Gasteiger partial charge on any atom is -0.325 e. The first-order valence-electron chi connectivity index (χ1n) is 6.24. The Bertz CT molecular complexity index is 405. The molecule has 2 N–H and O–H groups in total. The Labute approximate surface area is 106 Å². The summed E-state index contributed by atoms with van der Waals surface area (Å²) in [4.78, 5) is 0. The van der Waals surface area contributed by atoms with Gasteiger partial charge in [0, 0.05) is 10.0 Å². The fourth-order valence-corrected chi connectivity index (χ4v) is 3.01. The summed E-state index contributed by atoms with van der Waals surface area (Å²) in [6.45, 7) is 0. The van der Waals surface area contributed by atoms with Crippen molar-refractivity contribution in [3.8, 4) is 0 Å². The Morgan fingerprint density at radius 3 is 2.62 bits per heavy atom. The van der Waals surface area contributed by atoms with Gasteiger partial charge in [-0.15, -0.1) is 0 Å². The number of halogens is 1. The molecule has 1 aromatic rings. The highest BCUT2D eigenvalue weighted by Gasteiger charge is 2.37. The molecule has 2 saturated carbocycles. The molecule has 16 heavy (non-hydrogen) atoms. The van der Waals surface area contributed by atoms with Crippen LogP contribution in [0.1, 0.15) is 49.1 Å². The number of hydrogen-bond acceptors (Lipinski definition) is 1. The highest BCUT2D eigenvalue weighted by molar-refractivity contribution is 9.10. The number of rotatable bonds is 4. The van der Waals surface area contributed by atoms with Crippen LogP contribution in [0.2, 0.25) is 0 Å². The third-order valence-electron chi connectivity index (χ3n) is 3.89. The fourth-order valence-electron chi connectivity index (χ4n) is 2.26. The van der Waals surface area contributed by atoms with Crippen LogP contribution < -0.4 is 5.73 Å². The predicted octanol–water partition coefficient (Wildman–Crippen LogP) is 3.75. The molecular formula is C14H18BrN. The van der Waals surface area contributed by atoms with Gasteiger partial charge in [0.2, 0.25) is 0 Å².